The number of rotatable bonds is 8. The van der Waals surface area contributed by atoms with Gasteiger partial charge in [-0.2, -0.15) is 0 Å². The Kier molecular flexibility index (Phi) is 7.44. The SMILES string of the molecule is CC[Si](CC)(CC)O[C@@H]1C[C@H]2[C@@H](CC=C3C[C@@H](OCc4ccccc4)CC[C@@]32C)[C@@H]2CCC(=O)[C@@]12C. The van der Waals surface area contributed by atoms with Crippen LogP contribution in [0.25, 0.3) is 0 Å². The van der Waals surface area contributed by atoms with Crippen molar-refractivity contribution in [3.8, 4) is 0 Å². The lowest BCUT2D eigenvalue weighted by Crippen LogP contribution is -2.59. The Balaban J connectivity index is 1.38. The number of allylic oxidation sites excluding steroid dienone is 1. The second kappa shape index (κ2) is 10.1. The van der Waals surface area contributed by atoms with Crippen LogP contribution < -0.4 is 0 Å². The zero-order valence-corrected chi connectivity index (χ0v) is 24.4. The number of benzene rings is 1. The van der Waals surface area contributed by atoms with Gasteiger partial charge in [0.25, 0.3) is 0 Å². The van der Waals surface area contributed by atoms with Crippen molar-refractivity contribution in [3.05, 3.63) is 47.5 Å². The molecule has 0 radical (unpaired) electrons. The van der Waals surface area contributed by atoms with Gasteiger partial charge < -0.3 is 9.16 Å². The van der Waals surface area contributed by atoms with Crippen molar-refractivity contribution in [2.24, 2.45) is 28.6 Å². The summed E-state index contributed by atoms with van der Waals surface area (Å²) >= 11 is 0. The molecule has 0 unspecified atom stereocenters. The van der Waals surface area contributed by atoms with Crippen molar-refractivity contribution in [1.29, 1.82) is 0 Å². The lowest BCUT2D eigenvalue weighted by molar-refractivity contribution is -0.147. The van der Waals surface area contributed by atoms with Crippen molar-refractivity contribution >= 4 is 14.1 Å². The normalized spacial score (nSPS) is 38.2. The van der Waals surface area contributed by atoms with Crippen LogP contribution in [0.1, 0.15) is 85.1 Å². The zero-order valence-electron chi connectivity index (χ0n) is 23.4. The molecule has 0 amide bonds. The second-order valence-electron chi connectivity index (χ2n) is 12.8. The van der Waals surface area contributed by atoms with Crippen molar-refractivity contribution in [2.45, 2.75) is 117 Å². The van der Waals surface area contributed by atoms with Crippen LogP contribution in [0.5, 0.6) is 0 Å². The lowest BCUT2D eigenvalue weighted by atomic mass is 9.47. The van der Waals surface area contributed by atoms with Crippen LogP contribution in [0.3, 0.4) is 0 Å². The summed E-state index contributed by atoms with van der Waals surface area (Å²) in [6, 6.07) is 14.0. The largest absolute Gasteiger partial charge is 0.413 e. The van der Waals surface area contributed by atoms with Gasteiger partial charge in [0.2, 0.25) is 0 Å². The average molecular weight is 509 g/mol. The molecular weight excluding hydrogens is 460 g/mol. The van der Waals surface area contributed by atoms with Crippen molar-refractivity contribution < 1.29 is 14.0 Å². The molecule has 198 valence electrons. The fourth-order valence-electron chi connectivity index (χ4n) is 8.75. The van der Waals surface area contributed by atoms with Gasteiger partial charge in [0.1, 0.15) is 5.78 Å². The molecule has 0 saturated heterocycles. The summed E-state index contributed by atoms with van der Waals surface area (Å²) in [4.78, 5) is 13.5. The third-order valence-corrected chi connectivity index (χ3v) is 16.1. The Labute approximate surface area is 220 Å². The molecule has 0 spiro atoms. The average Bonchev–Trinajstić information content (AvgIpc) is 3.22. The Morgan fingerprint density at radius 3 is 2.42 bits per heavy atom. The molecule has 0 aliphatic heterocycles. The highest BCUT2D eigenvalue weighted by Crippen LogP contribution is 2.65. The van der Waals surface area contributed by atoms with Gasteiger partial charge in [0, 0.05) is 6.42 Å². The topological polar surface area (TPSA) is 35.5 Å². The van der Waals surface area contributed by atoms with E-state index in [4.69, 9.17) is 9.16 Å². The van der Waals surface area contributed by atoms with Gasteiger partial charge in [0.15, 0.2) is 8.32 Å². The maximum absolute atomic E-state index is 13.5. The third-order valence-electron chi connectivity index (χ3n) is 11.5. The van der Waals surface area contributed by atoms with Crippen LogP contribution >= 0.6 is 0 Å². The molecule has 7 atom stereocenters. The van der Waals surface area contributed by atoms with E-state index >= 15 is 0 Å². The minimum atomic E-state index is -1.81. The lowest BCUT2D eigenvalue weighted by Gasteiger charge is -2.60. The van der Waals surface area contributed by atoms with Gasteiger partial charge in [-0.05, 0) is 92.3 Å². The molecule has 0 N–H and O–H groups in total. The summed E-state index contributed by atoms with van der Waals surface area (Å²) < 4.78 is 13.7. The highest BCUT2D eigenvalue weighted by molar-refractivity contribution is 6.73. The summed E-state index contributed by atoms with van der Waals surface area (Å²) in [5.74, 6) is 2.21. The first-order chi connectivity index (χ1) is 17.3. The van der Waals surface area contributed by atoms with Gasteiger partial charge in [-0.15, -0.1) is 0 Å². The predicted octanol–water partition coefficient (Wildman–Crippen LogP) is 8.10. The molecule has 4 heteroatoms. The van der Waals surface area contributed by atoms with E-state index in [1.54, 1.807) is 5.57 Å². The van der Waals surface area contributed by atoms with E-state index in [-0.39, 0.29) is 16.9 Å². The van der Waals surface area contributed by atoms with Gasteiger partial charge in [-0.3, -0.25) is 4.79 Å². The maximum Gasteiger partial charge on any atom is 0.192 e. The first kappa shape index (κ1) is 26.4. The molecule has 0 aromatic heterocycles. The van der Waals surface area contributed by atoms with Crippen LogP contribution in [-0.4, -0.2) is 26.3 Å². The van der Waals surface area contributed by atoms with E-state index in [0.717, 1.165) is 56.7 Å². The number of ketones is 1. The monoisotopic (exact) mass is 508 g/mol. The molecule has 1 aromatic rings. The number of carbonyl (C=O) groups excluding carboxylic acids is 1. The number of carbonyl (C=O) groups is 1. The smallest absolute Gasteiger partial charge is 0.192 e. The van der Waals surface area contributed by atoms with Gasteiger partial charge >= 0.3 is 0 Å². The molecule has 36 heavy (non-hydrogen) atoms. The molecule has 3 nitrogen and oxygen atoms in total. The quantitative estimate of drug-likeness (QED) is 0.263. The fourth-order valence-corrected chi connectivity index (χ4v) is 11.7. The van der Waals surface area contributed by atoms with Gasteiger partial charge in [-0.25, -0.2) is 0 Å². The Hall–Kier alpha value is -1.23. The molecule has 0 heterocycles. The fraction of sp³-hybridized carbons (Fsp3) is 0.719. The summed E-state index contributed by atoms with van der Waals surface area (Å²) in [7, 11) is -1.81. The first-order valence-electron chi connectivity index (χ1n) is 14.9. The van der Waals surface area contributed by atoms with E-state index in [1.165, 1.54) is 12.0 Å². The number of fused-ring (bicyclic) bond motifs is 5. The summed E-state index contributed by atoms with van der Waals surface area (Å²) in [6.45, 7) is 12.5. The molecule has 4 aliphatic rings. The molecular formula is C32H48O3Si. The molecule has 5 rings (SSSR count). The third kappa shape index (κ3) is 4.29. The highest BCUT2D eigenvalue weighted by atomic mass is 28.4. The number of hydrogen-bond acceptors (Lipinski definition) is 3. The van der Waals surface area contributed by atoms with E-state index in [1.807, 2.05) is 0 Å². The zero-order chi connectivity index (χ0) is 25.6. The van der Waals surface area contributed by atoms with Crippen LogP contribution in [0.4, 0.5) is 0 Å². The van der Waals surface area contributed by atoms with Gasteiger partial charge in [0.05, 0.1) is 24.2 Å². The maximum atomic E-state index is 13.5. The number of Topliss-reactive ketones (excluding diaryl/α,β-unsaturated/α-hetero) is 1. The van der Waals surface area contributed by atoms with Crippen molar-refractivity contribution in [3.63, 3.8) is 0 Å². The van der Waals surface area contributed by atoms with E-state index in [0.29, 0.717) is 36.2 Å². The Bertz CT molecular complexity index is 961. The molecule has 0 bridgehead atoms. The summed E-state index contributed by atoms with van der Waals surface area (Å²) in [5.41, 5.74) is 2.83. The van der Waals surface area contributed by atoms with Gasteiger partial charge in [-0.1, -0.05) is 69.7 Å². The minimum absolute atomic E-state index is 0.105. The molecule has 3 saturated carbocycles. The van der Waals surface area contributed by atoms with E-state index in [9.17, 15) is 4.79 Å². The minimum Gasteiger partial charge on any atom is -0.413 e. The van der Waals surface area contributed by atoms with E-state index < -0.39 is 8.32 Å². The van der Waals surface area contributed by atoms with Crippen LogP contribution in [0.2, 0.25) is 18.1 Å². The molecule has 4 aliphatic carbocycles. The van der Waals surface area contributed by atoms with Crippen LogP contribution in [0.15, 0.2) is 42.0 Å². The predicted molar refractivity (Wildman–Crippen MR) is 149 cm³/mol. The first-order valence-corrected chi connectivity index (χ1v) is 17.4. The number of hydrogen-bond donors (Lipinski definition) is 0. The summed E-state index contributed by atoms with van der Waals surface area (Å²) in [6.07, 6.45) is 10.4. The standard InChI is InChI=1S/C32H48O3Si/c1-6-36(7-2,8-3)35-30-21-28-26(27-16-17-29(33)32(27,30)5)15-14-24-20-25(18-19-31(24,28)4)34-22-23-12-10-9-11-13-23/h9-14,25-28,30H,6-8,15-22H2,1-5H3/t25-,26-,27-,28-,30+,31-,32-/m0/s1. The Morgan fingerprint density at radius 2 is 1.72 bits per heavy atom. The second-order valence-corrected chi connectivity index (χ2v) is 17.5. The van der Waals surface area contributed by atoms with Crippen molar-refractivity contribution in [1.82, 2.24) is 0 Å². The molecule has 1 aromatic carbocycles. The summed E-state index contributed by atoms with van der Waals surface area (Å²) in [5, 5.41) is 0. The van der Waals surface area contributed by atoms with E-state index in [2.05, 4.69) is 71.0 Å². The van der Waals surface area contributed by atoms with Crippen LogP contribution in [0, 0.1) is 28.6 Å². The van der Waals surface area contributed by atoms with Crippen molar-refractivity contribution in [2.75, 3.05) is 0 Å². The number of ether oxygens (including phenoxy) is 1. The molecule has 3 fully saturated rings. The highest BCUT2D eigenvalue weighted by Gasteiger charge is 2.63. The van der Waals surface area contributed by atoms with Crippen LogP contribution in [-0.2, 0) is 20.6 Å². The Morgan fingerprint density at radius 1 is 1.00 bits per heavy atom.